The average Bonchev–Trinajstić information content (AvgIpc) is 3.37. The predicted molar refractivity (Wildman–Crippen MR) is 117 cm³/mol. The summed E-state index contributed by atoms with van der Waals surface area (Å²) in [5.41, 5.74) is 2.28. The molecule has 0 radical (unpaired) electrons. The monoisotopic (exact) mass is 431 g/mol. The highest BCUT2D eigenvalue weighted by molar-refractivity contribution is 7.92. The molecule has 1 aromatic carbocycles. The van der Waals surface area contributed by atoms with E-state index >= 15 is 0 Å². The van der Waals surface area contributed by atoms with Crippen molar-refractivity contribution in [3.63, 3.8) is 0 Å². The molecule has 0 unspecified atom stereocenters. The molecule has 2 aliphatic rings. The fourth-order valence-electron chi connectivity index (χ4n) is 4.07. The standard InChI is InChI=1S/C21H25N3O3S2/c1-29(26,27)23-17-11-9-15(10-12-17)18-14-19(20-8-5-13-28-20)24(22-18)21(25)16-6-3-2-4-7-16/h5,8-13,16,19,23H,2-4,6-7,14H2,1H3/t19-/m0/s1. The molecule has 1 atom stereocenters. The second-order valence-corrected chi connectivity index (χ2v) is 10.5. The van der Waals surface area contributed by atoms with Crippen molar-refractivity contribution in [3.8, 4) is 0 Å². The van der Waals surface area contributed by atoms with Gasteiger partial charge >= 0.3 is 0 Å². The van der Waals surface area contributed by atoms with E-state index in [-0.39, 0.29) is 17.9 Å². The Hall–Kier alpha value is -2.19. The minimum absolute atomic E-state index is 0.0618. The summed E-state index contributed by atoms with van der Waals surface area (Å²) in [6, 6.07) is 11.2. The van der Waals surface area contributed by atoms with Crippen molar-refractivity contribution in [3.05, 3.63) is 52.2 Å². The number of hydrogen-bond acceptors (Lipinski definition) is 5. The van der Waals surface area contributed by atoms with Gasteiger partial charge in [0.25, 0.3) is 0 Å². The maximum absolute atomic E-state index is 13.2. The Morgan fingerprint density at radius 2 is 1.86 bits per heavy atom. The molecule has 0 spiro atoms. The smallest absolute Gasteiger partial charge is 0.246 e. The highest BCUT2D eigenvalue weighted by Gasteiger charge is 2.37. The summed E-state index contributed by atoms with van der Waals surface area (Å²) in [5.74, 6) is 0.198. The van der Waals surface area contributed by atoms with Crippen molar-refractivity contribution in [1.82, 2.24) is 5.01 Å². The normalized spacial score (nSPS) is 20.5. The Kier molecular flexibility index (Phi) is 5.74. The number of carbonyl (C=O) groups is 1. The van der Waals surface area contributed by atoms with Gasteiger partial charge in [0.15, 0.2) is 0 Å². The van der Waals surface area contributed by atoms with Crippen LogP contribution in [0.3, 0.4) is 0 Å². The SMILES string of the molecule is CS(=O)(=O)Nc1ccc(C2=NN(C(=O)C3CCCCC3)[C@H](c3cccs3)C2)cc1. The highest BCUT2D eigenvalue weighted by Crippen LogP contribution is 2.38. The molecule has 1 aliphatic heterocycles. The van der Waals surface area contributed by atoms with E-state index in [4.69, 9.17) is 5.10 Å². The van der Waals surface area contributed by atoms with Gasteiger partial charge in [-0.1, -0.05) is 37.5 Å². The summed E-state index contributed by atoms with van der Waals surface area (Å²) in [6.07, 6.45) is 7.12. The molecule has 1 saturated carbocycles. The van der Waals surface area contributed by atoms with Crippen LogP contribution in [0.1, 0.15) is 55.0 Å². The number of anilines is 1. The van der Waals surface area contributed by atoms with E-state index in [1.54, 1.807) is 28.5 Å². The van der Waals surface area contributed by atoms with Crippen LogP contribution in [0.5, 0.6) is 0 Å². The molecule has 1 N–H and O–H groups in total. The van der Waals surface area contributed by atoms with Gasteiger partial charge in [0.1, 0.15) is 0 Å². The van der Waals surface area contributed by atoms with Crippen LogP contribution in [0.25, 0.3) is 0 Å². The van der Waals surface area contributed by atoms with Gasteiger partial charge in [0.05, 0.1) is 18.0 Å². The first-order chi connectivity index (χ1) is 13.9. The van der Waals surface area contributed by atoms with E-state index in [1.165, 1.54) is 6.42 Å². The van der Waals surface area contributed by atoms with Gasteiger partial charge in [-0.25, -0.2) is 13.4 Å². The quantitative estimate of drug-likeness (QED) is 0.763. The zero-order valence-electron chi connectivity index (χ0n) is 16.4. The number of benzene rings is 1. The molecule has 2 heterocycles. The maximum atomic E-state index is 13.2. The van der Waals surface area contributed by atoms with E-state index in [1.807, 2.05) is 23.6 Å². The number of hydrazone groups is 1. The van der Waals surface area contributed by atoms with E-state index in [0.717, 1.165) is 48.1 Å². The van der Waals surface area contributed by atoms with Crippen LogP contribution in [0, 0.1) is 5.92 Å². The molecule has 29 heavy (non-hydrogen) atoms. The Bertz CT molecular complexity index is 992. The summed E-state index contributed by atoms with van der Waals surface area (Å²) < 4.78 is 25.3. The largest absolute Gasteiger partial charge is 0.284 e. The van der Waals surface area contributed by atoms with Gasteiger partial charge in [-0.3, -0.25) is 9.52 Å². The van der Waals surface area contributed by atoms with Crippen molar-refractivity contribution in [1.29, 1.82) is 0 Å². The van der Waals surface area contributed by atoms with Crippen molar-refractivity contribution in [2.45, 2.75) is 44.6 Å². The van der Waals surface area contributed by atoms with Gasteiger partial charge in [-0.15, -0.1) is 11.3 Å². The van der Waals surface area contributed by atoms with Gasteiger partial charge < -0.3 is 0 Å². The highest BCUT2D eigenvalue weighted by atomic mass is 32.2. The first-order valence-electron chi connectivity index (χ1n) is 9.93. The van der Waals surface area contributed by atoms with E-state index < -0.39 is 10.0 Å². The molecular formula is C21H25N3O3S2. The molecule has 1 aliphatic carbocycles. The van der Waals surface area contributed by atoms with E-state index in [0.29, 0.717) is 12.1 Å². The van der Waals surface area contributed by atoms with Crippen LogP contribution in [0.2, 0.25) is 0 Å². The van der Waals surface area contributed by atoms with Gasteiger partial charge in [-0.2, -0.15) is 5.10 Å². The summed E-state index contributed by atoms with van der Waals surface area (Å²) in [6.45, 7) is 0. The molecule has 1 amide bonds. The maximum Gasteiger partial charge on any atom is 0.246 e. The third-order valence-corrected chi connectivity index (χ3v) is 7.06. The molecule has 1 fully saturated rings. The molecule has 6 nitrogen and oxygen atoms in total. The zero-order valence-corrected chi connectivity index (χ0v) is 18.0. The van der Waals surface area contributed by atoms with Crippen LogP contribution in [-0.2, 0) is 14.8 Å². The lowest BCUT2D eigenvalue weighted by Crippen LogP contribution is -2.33. The minimum atomic E-state index is -3.31. The van der Waals surface area contributed by atoms with Gasteiger partial charge in [-0.05, 0) is 42.0 Å². The number of sulfonamides is 1. The van der Waals surface area contributed by atoms with Gasteiger partial charge in [0.2, 0.25) is 15.9 Å². The molecule has 4 rings (SSSR count). The summed E-state index contributed by atoms with van der Waals surface area (Å²) in [7, 11) is -3.31. The minimum Gasteiger partial charge on any atom is -0.284 e. The van der Waals surface area contributed by atoms with Crippen molar-refractivity contribution in [2.75, 3.05) is 11.0 Å². The van der Waals surface area contributed by atoms with E-state index in [9.17, 15) is 13.2 Å². The number of nitrogens with one attached hydrogen (secondary N) is 1. The Labute approximate surface area is 175 Å². The summed E-state index contributed by atoms with van der Waals surface area (Å²) in [4.78, 5) is 14.4. The Morgan fingerprint density at radius 1 is 1.14 bits per heavy atom. The first-order valence-corrected chi connectivity index (χ1v) is 12.7. The number of nitrogens with zero attached hydrogens (tertiary/aromatic N) is 2. The lowest BCUT2D eigenvalue weighted by Gasteiger charge is -2.27. The fraction of sp³-hybridized carbons (Fsp3) is 0.429. The van der Waals surface area contributed by atoms with Crippen LogP contribution < -0.4 is 4.72 Å². The second kappa shape index (κ2) is 8.28. The average molecular weight is 432 g/mol. The third-order valence-electron chi connectivity index (χ3n) is 5.48. The topological polar surface area (TPSA) is 78.8 Å². The molecular weight excluding hydrogens is 406 g/mol. The third kappa shape index (κ3) is 4.70. The zero-order chi connectivity index (χ0) is 20.4. The number of carbonyl (C=O) groups excluding carboxylic acids is 1. The molecule has 0 bridgehead atoms. The second-order valence-electron chi connectivity index (χ2n) is 7.75. The first kappa shape index (κ1) is 20.1. The Balaban J connectivity index is 1.59. The van der Waals surface area contributed by atoms with Crippen LogP contribution in [-0.4, -0.2) is 31.3 Å². The number of hydrogen-bond donors (Lipinski definition) is 1. The van der Waals surface area contributed by atoms with E-state index in [2.05, 4.69) is 10.8 Å². The molecule has 2 aromatic rings. The molecule has 154 valence electrons. The van der Waals surface area contributed by atoms with Crippen LogP contribution >= 0.6 is 11.3 Å². The number of thiophene rings is 1. The molecule has 1 aromatic heterocycles. The summed E-state index contributed by atoms with van der Waals surface area (Å²) >= 11 is 1.65. The number of amides is 1. The molecule has 8 heteroatoms. The van der Waals surface area contributed by atoms with Crippen LogP contribution in [0.4, 0.5) is 5.69 Å². The van der Waals surface area contributed by atoms with Gasteiger partial charge in [0, 0.05) is 22.9 Å². The van der Waals surface area contributed by atoms with Crippen molar-refractivity contribution < 1.29 is 13.2 Å². The lowest BCUT2D eigenvalue weighted by atomic mass is 9.88. The predicted octanol–water partition coefficient (Wildman–Crippen LogP) is 4.38. The number of rotatable bonds is 5. The fourth-order valence-corrected chi connectivity index (χ4v) is 5.45. The van der Waals surface area contributed by atoms with Crippen molar-refractivity contribution >= 4 is 38.7 Å². The Morgan fingerprint density at radius 3 is 2.48 bits per heavy atom. The summed E-state index contributed by atoms with van der Waals surface area (Å²) in [5, 5.41) is 8.48. The lowest BCUT2D eigenvalue weighted by molar-refractivity contribution is -0.138. The van der Waals surface area contributed by atoms with Crippen molar-refractivity contribution in [2.24, 2.45) is 11.0 Å². The van der Waals surface area contributed by atoms with Crippen LogP contribution in [0.15, 0.2) is 46.9 Å². The molecule has 0 saturated heterocycles.